The molecule has 0 N–H and O–H groups in total. The van der Waals surface area contributed by atoms with Crippen LogP contribution in [0, 0.1) is 20.8 Å². The molecule has 0 spiro atoms. The van der Waals surface area contributed by atoms with E-state index in [2.05, 4.69) is 4.98 Å². The minimum Gasteiger partial charge on any atom is -0.298 e. The van der Waals surface area contributed by atoms with Crippen molar-refractivity contribution in [1.29, 1.82) is 0 Å². The van der Waals surface area contributed by atoms with Gasteiger partial charge in [-0.2, -0.15) is 0 Å². The first-order valence-corrected chi connectivity index (χ1v) is 3.54. The minimum absolute atomic E-state index is 0.775. The summed E-state index contributed by atoms with van der Waals surface area (Å²) in [5, 5.41) is 0. The maximum atomic E-state index is 10.6. The summed E-state index contributed by atoms with van der Waals surface area (Å²) in [6.07, 6.45) is 2.62. The predicted molar refractivity (Wildman–Crippen MR) is 43.8 cm³/mol. The van der Waals surface area contributed by atoms with Crippen LogP contribution in [0.5, 0.6) is 0 Å². The van der Waals surface area contributed by atoms with Crippen LogP contribution in [0.3, 0.4) is 0 Å². The SMILES string of the molecule is Cc1cnc(C)c(C)c1C=O. The van der Waals surface area contributed by atoms with E-state index in [0.717, 1.165) is 28.7 Å². The summed E-state index contributed by atoms with van der Waals surface area (Å²) in [6.45, 7) is 5.71. The Morgan fingerprint density at radius 1 is 1.36 bits per heavy atom. The molecule has 0 unspecified atom stereocenters. The molecule has 1 rings (SSSR count). The zero-order chi connectivity index (χ0) is 8.43. The highest BCUT2D eigenvalue weighted by atomic mass is 16.1. The van der Waals surface area contributed by atoms with Crippen LogP contribution < -0.4 is 0 Å². The lowest BCUT2D eigenvalue weighted by atomic mass is 10.1. The van der Waals surface area contributed by atoms with Gasteiger partial charge in [0.2, 0.25) is 0 Å². The van der Waals surface area contributed by atoms with E-state index in [1.165, 1.54) is 0 Å². The van der Waals surface area contributed by atoms with Crippen molar-refractivity contribution in [2.75, 3.05) is 0 Å². The fourth-order valence-corrected chi connectivity index (χ4v) is 1.03. The standard InChI is InChI=1S/C9H11NO/c1-6-4-10-8(3)7(2)9(6)5-11/h4-5H,1-3H3. The smallest absolute Gasteiger partial charge is 0.150 e. The number of carbonyl (C=O) groups excluding carboxylic acids is 1. The number of pyridine rings is 1. The summed E-state index contributed by atoms with van der Waals surface area (Å²) in [5.74, 6) is 0. The first-order valence-electron chi connectivity index (χ1n) is 3.54. The summed E-state index contributed by atoms with van der Waals surface area (Å²) in [4.78, 5) is 14.7. The van der Waals surface area contributed by atoms with E-state index in [9.17, 15) is 4.79 Å². The summed E-state index contributed by atoms with van der Waals surface area (Å²) in [5.41, 5.74) is 3.64. The zero-order valence-electron chi connectivity index (χ0n) is 7.01. The number of hydrogen-bond donors (Lipinski definition) is 0. The molecule has 0 saturated heterocycles. The first-order chi connectivity index (χ1) is 5.16. The first kappa shape index (κ1) is 7.92. The molecule has 0 amide bonds. The van der Waals surface area contributed by atoms with Crippen molar-refractivity contribution in [3.8, 4) is 0 Å². The van der Waals surface area contributed by atoms with Crippen molar-refractivity contribution in [3.05, 3.63) is 28.6 Å². The van der Waals surface area contributed by atoms with E-state index in [0.29, 0.717) is 0 Å². The third kappa shape index (κ3) is 1.29. The van der Waals surface area contributed by atoms with Crippen molar-refractivity contribution < 1.29 is 4.79 Å². The lowest BCUT2D eigenvalue weighted by Gasteiger charge is -2.04. The van der Waals surface area contributed by atoms with E-state index in [4.69, 9.17) is 0 Å². The number of hydrogen-bond acceptors (Lipinski definition) is 2. The number of nitrogens with zero attached hydrogens (tertiary/aromatic N) is 1. The molecule has 2 heteroatoms. The van der Waals surface area contributed by atoms with Gasteiger partial charge in [0.1, 0.15) is 0 Å². The Morgan fingerprint density at radius 3 is 2.45 bits per heavy atom. The van der Waals surface area contributed by atoms with Gasteiger partial charge >= 0.3 is 0 Å². The van der Waals surface area contributed by atoms with Crippen molar-refractivity contribution in [2.45, 2.75) is 20.8 Å². The highest BCUT2D eigenvalue weighted by Gasteiger charge is 2.03. The molecule has 1 heterocycles. The number of aldehydes is 1. The van der Waals surface area contributed by atoms with Crippen LogP contribution in [-0.4, -0.2) is 11.3 Å². The fourth-order valence-electron chi connectivity index (χ4n) is 1.03. The second kappa shape index (κ2) is 2.82. The second-order valence-electron chi connectivity index (χ2n) is 2.68. The van der Waals surface area contributed by atoms with Gasteiger partial charge in [0.15, 0.2) is 6.29 Å². The molecule has 1 aromatic heterocycles. The Kier molecular flexibility index (Phi) is 2.03. The van der Waals surface area contributed by atoms with E-state index in [1.807, 2.05) is 20.8 Å². The van der Waals surface area contributed by atoms with Crippen molar-refractivity contribution >= 4 is 6.29 Å². The van der Waals surface area contributed by atoms with Gasteiger partial charge in [0.05, 0.1) is 0 Å². The molecular formula is C9H11NO. The van der Waals surface area contributed by atoms with Crippen LogP contribution in [-0.2, 0) is 0 Å². The lowest BCUT2D eigenvalue weighted by Crippen LogP contribution is -1.96. The molecule has 58 valence electrons. The Bertz CT molecular complexity index is 292. The summed E-state index contributed by atoms with van der Waals surface area (Å²) in [6, 6.07) is 0. The summed E-state index contributed by atoms with van der Waals surface area (Å²) >= 11 is 0. The largest absolute Gasteiger partial charge is 0.298 e. The highest BCUT2D eigenvalue weighted by molar-refractivity contribution is 5.79. The summed E-state index contributed by atoms with van der Waals surface area (Å²) < 4.78 is 0. The monoisotopic (exact) mass is 149 g/mol. The number of rotatable bonds is 1. The average molecular weight is 149 g/mol. The molecule has 0 saturated carbocycles. The van der Waals surface area contributed by atoms with Crippen molar-refractivity contribution in [2.24, 2.45) is 0 Å². The molecular weight excluding hydrogens is 138 g/mol. The third-order valence-corrected chi connectivity index (χ3v) is 1.94. The van der Waals surface area contributed by atoms with Gasteiger partial charge in [-0.05, 0) is 31.9 Å². The Balaban J connectivity index is 3.40. The zero-order valence-corrected chi connectivity index (χ0v) is 7.01. The van der Waals surface area contributed by atoms with Gasteiger partial charge in [0, 0.05) is 17.5 Å². The lowest BCUT2D eigenvalue weighted by molar-refractivity contribution is 0.112. The van der Waals surface area contributed by atoms with Gasteiger partial charge in [-0.25, -0.2) is 0 Å². The van der Waals surface area contributed by atoms with Gasteiger partial charge in [-0.1, -0.05) is 0 Å². The minimum atomic E-state index is 0.775. The molecule has 0 radical (unpaired) electrons. The number of carbonyl (C=O) groups is 1. The quantitative estimate of drug-likeness (QED) is 0.570. The van der Waals surface area contributed by atoms with Crippen LogP contribution in [0.25, 0.3) is 0 Å². The highest BCUT2D eigenvalue weighted by Crippen LogP contribution is 2.12. The van der Waals surface area contributed by atoms with E-state index < -0.39 is 0 Å². The van der Waals surface area contributed by atoms with Crippen LogP contribution in [0.4, 0.5) is 0 Å². The molecule has 0 aliphatic rings. The van der Waals surface area contributed by atoms with Crippen molar-refractivity contribution in [1.82, 2.24) is 4.98 Å². The second-order valence-corrected chi connectivity index (χ2v) is 2.68. The number of aryl methyl sites for hydroxylation is 2. The van der Waals surface area contributed by atoms with E-state index in [1.54, 1.807) is 6.20 Å². The molecule has 0 aliphatic carbocycles. The van der Waals surface area contributed by atoms with Gasteiger partial charge < -0.3 is 0 Å². The van der Waals surface area contributed by atoms with Crippen LogP contribution in [0.15, 0.2) is 6.20 Å². The molecule has 2 nitrogen and oxygen atoms in total. The van der Waals surface area contributed by atoms with Gasteiger partial charge in [0.25, 0.3) is 0 Å². The maximum absolute atomic E-state index is 10.6. The Labute approximate surface area is 66.3 Å². The molecule has 1 aromatic rings. The predicted octanol–water partition coefficient (Wildman–Crippen LogP) is 1.82. The van der Waals surface area contributed by atoms with E-state index in [-0.39, 0.29) is 0 Å². The maximum Gasteiger partial charge on any atom is 0.150 e. The molecule has 0 aromatic carbocycles. The fraction of sp³-hybridized carbons (Fsp3) is 0.333. The summed E-state index contributed by atoms with van der Waals surface area (Å²) in [7, 11) is 0. The normalized spacial score (nSPS) is 9.73. The van der Waals surface area contributed by atoms with Crippen LogP contribution in [0.1, 0.15) is 27.2 Å². The Hall–Kier alpha value is -1.18. The number of aromatic nitrogens is 1. The van der Waals surface area contributed by atoms with Crippen LogP contribution >= 0.6 is 0 Å². The third-order valence-electron chi connectivity index (χ3n) is 1.94. The topological polar surface area (TPSA) is 30.0 Å². The average Bonchev–Trinajstić information content (AvgIpc) is 1.99. The van der Waals surface area contributed by atoms with Gasteiger partial charge in [-0.15, -0.1) is 0 Å². The molecule has 11 heavy (non-hydrogen) atoms. The van der Waals surface area contributed by atoms with Gasteiger partial charge in [-0.3, -0.25) is 9.78 Å². The van der Waals surface area contributed by atoms with Crippen LogP contribution in [0.2, 0.25) is 0 Å². The molecule has 0 atom stereocenters. The molecule has 0 aliphatic heterocycles. The van der Waals surface area contributed by atoms with Crippen molar-refractivity contribution in [3.63, 3.8) is 0 Å². The van der Waals surface area contributed by atoms with E-state index >= 15 is 0 Å². The molecule has 0 bridgehead atoms. The molecule has 0 fully saturated rings. The Morgan fingerprint density at radius 2 is 2.00 bits per heavy atom.